The van der Waals surface area contributed by atoms with E-state index in [0.717, 1.165) is 29.0 Å². The Hall–Kier alpha value is -4.28. The summed E-state index contributed by atoms with van der Waals surface area (Å²) >= 11 is 0. The number of carbonyl (C=O) groups is 1. The summed E-state index contributed by atoms with van der Waals surface area (Å²) in [5.74, 6) is -0.109. The second-order valence-corrected chi connectivity index (χ2v) is 7.03. The summed E-state index contributed by atoms with van der Waals surface area (Å²) in [6.07, 6.45) is 0.322. The SMILES string of the molecule is Cc1ncccc1-c1ccc(C[n+]2cc([N-]C(=O)Nc3cccc(C(F)(F)F)c3)on2)nc1. The predicted molar refractivity (Wildman–Crippen MR) is 111 cm³/mol. The highest BCUT2D eigenvalue weighted by Crippen LogP contribution is 2.31. The van der Waals surface area contributed by atoms with Gasteiger partial charge in [0.25, 0.3) is 0 Å². The lowest BCUT2D eigenvalue weighted by atomic mass is 10.1. The molecule has 4 aromatic rings. The van der Waals surface area contributed by atoms with Gasteiger partial charge < -0.3 is 15.2 Å². The van der Waals surface area contributed by atoms with Crippen molar-refractivity contribution in [3.8, 4) is 11.1 Å². The molecule has 4 rings (SSSR count). The molecule has 1 aromatic carbocycles. The number of rotatable bonds is 5. The summed E-state index contributed by atoms with van der Waals surface area (Å²) in [5.41, 5.74) is 2.58. The molecular formula is C22H17F3N6O2. The summed E-state index contributed by atoms with van der Waals surface area (Å²) in [5, 5.41) is 9.71. The van der Waals surface area contributed by atoms with E-state index in [-0.39, 0.29) is 18.1 Å². The van der Waals surface area contributed by atoms with E-state index in [4.69, 9.17) is 4.52 Å². The Morgan fingerprint density at radius 2 is 2.00 bits per heavy atom. The molecule has 168 valence electrons. The highest BCUT2D eigenvalue weighted by Gasteiger charge is 2.30. The molecule has 11 heteroatoms. The second-order valence-electron chi connectivity index (χ2n) is 7.03. The lowest BCUT2D eigenvalue weighted by Crippen LogP contribution is -2.35. The van der Waals surface area contributed by atoms with E-state index in [0.29, 0.717) is 5.69 Å². The van der Waals surface area contributed by atoms with Gasteiger partial charge in [0.15, 0.2) is 11.3 Å². The number of nitrogens with zero attached hydrogens (tertiary/aromatic N) is 5. The number of anilines is 1. The molecule has 0 aliphatic heterocycles. The lowest BCUT2D eigenvalue weighted by Gasteiger charge is -2.15. The van der Waals surface area contributed by atoms with Gasteiger partial charge in [-0.3, -0.25) is 14.8 Å². The minimum absolute atomic E-state index is 0.0425. The number of aryl methyl sites for hydroxylation is 1. The molecule has 0 saturated carbocycles. The number of nitrogens with one attached hydrogen (secondary N) is 1. The van der Waals surface area contributed by atoms with Crippen LogP contribution in [0.1, 0.15) is 17.0 Å². The summed E-state index contributed by atoms with van der Waals surface area (Å²) < 4.78 is 44.8. The molecule has 0 fully saturated rings. The molecule has 33 heavy (non-hydrogen) atoms. The van der Waals surface area contributed by atoms with Crippen LogP contribution in [0, 0.1) is 6.92 Å². The quantitative estimate of drug-likeness (QED) is 0.427. The maximum absolute atomic E-state index is 12.8. The molecule has 8 nitrogen and oxygen atoms in total. The third-order valence-electron chi connectivity index (χ3n) is 4.62. The van der Waals surface area contributed by atoms with Crippen molar-refractivity contribution in [2.24, 2.45) is 0 Å². The van der Waals surface area contributed by atoms with Gasteiger partial charge in [-0.05, 0) is 35.5 Å². The van der Waals surface area contributed by atoms with E-state index < -0.39 is 17.8 Å². The number of amides is 2. The van der Waals surface area contributed by atoms with Crippen LogP contribution >= 0.6 is 0 Å². The third-order valence-corrected chi connectivity index (χ3v) is 4.62. The predicted octanol–water partition coefficient (Wildman–Crippen LogP) is 5.03. The molecule has 0 unspecified atom stereocenters. The first-order chi connectivity index (χ1) is 15.8. The Morgan fingerprint density at radius 3 is 2.73 bits per heavy atom. The monoisotopic (exact) mass is 454 g/mol. The molecule has 0 radical (unpaired) electrons. The van der Waals surface area contributed by atoms with Gasteiger partial charge in [-0.2, -0.15) is 13.2 Å². The van der Waals surface area contributed by atoms with Gasteiger partial charge in [0.05, 0.1) is 5.56 Å². The van der Waals surface area contributed by atoms with Gasteiger partial charge in [-0.15, -0.1) is 0 Å². The number of pyridine rings is 2. The zero-order chi connectivity index (χ0) is 23.4. The fraction of sp³-hybridized carbons (Fsp3) is 0.136. The maximum atomic E-state index is 12.8. The fourth-order valence-corrected chi connectivity index (χ4v) is 3.05. The molecular weight excluding hydrogens is 437 g/mol. The average Bonchev–Trinajstić information content (AvgIpc) is 3.21. The minimum Gasteiger partial charge on any atom is -0.424 e. The highest BCUT2D eigenvalue weighted by atomic mass is 19.4. The Labute approximate surface area is 186 Å². The average molecular weight is 454 g/mol. The molecule has 3 aromatic heterocycles. The van der Waals surface area contributed by atoms with Crippen LogP contribution in [-0.2, 0) is 12.7 Å². The molecule has 0 bridgehead atoms. The lowest BCUT2D eigenvalue weighted by molar-refractivity contribution is -0.755. The Kier molecular flexibility index (Phi) is 6.03. The van der Waals surface area contributed by atoms with Gasteiger partial charge in [0, 0.05) is 29.2 Å². The highest BCUT2D eigenvalue weighted by molar-refractivity contribution is 6.03. The van der Waals surface area contributed by atoms with Crippen LogP contribution in [-0.4, -0.2) is 21.3 Å². The normalized spacial score (nSPS) is 11.3. The third kappa shape index (κ3) is 5.50. The number of alkyl halides is 3. The van der Waals surface area contributed by atoms with Crippen molar-refractivity contribution in [3.63, 3.8) is 0 Å². The molecule has 0 aliphatic rings. The number of urea groups is 1. The fourth-order valence-electron chi connectivity index (χ4n) is 3.05. The molecule has 0 spiro atoms. The first-order valence-electron chi connectivity index (χ1n) is 9.71. The molecule has 0 aliphatic carbocycles. The van der Waals surface area contributed by atoms with E-state index in [1.807, 2.05) is 31.2 Å². The maximum Gasteiger partial charge on any atom is 0.416 e. The molecule has 0 atom stereocenters. The van der Waals surface area contributed by atoms with E-state index in [9.17, 15) is 18.0 Å². The zero-order valence-electron chi connectivity index (χ0n) is 17.2. The van der Waals surface area contributed by atoms with Gasteiger partial charge in [0.2, 0.25) is 18.6 Å². The van der Waals surface area contributed by atoms with Crippen molar-refractivity contribution in [3.05, 3.63) is 89.4 Å². The number of aromatic nitrogens is 4. The smallest absolute Gasteiger partial charge is 0.416 e. The summed E-state index contributed by atoms with van der Waals surface area (Å²) in [7, 11) is 0. The van der Waals surface area contributed by atoms with E-state index >= 15 is 0 Å². The van der Waals surface area contributed by atoms with Crippen molar-refractivity contribution >= 4 is 17.6 Å². The van der Waals surface area contributed by atoms with Gasteiger partial charge in [-0.25, -0.2) is 0 Å². The Morgan fingerprint density at radius 1 is 1.15 bits per heavy atom. The van der Waals surface area contributed by atoms with Crippen LogP contribution in [0.4, 0.5) is 29.5 Å². The standard InChI is InChI=1S/C22H17F3N6O2/c1-14-19(6-3-9-26-14)15-7-8-18(27-11-15)12-31-13-20(33-30-31)29-21(32)28-17-5-2-4-16(10-17)22(23,24)25/h2-11,13H,12H2,1H3,(H-,28,29,30,32). The zero-order valence-corrected chi connectivity index (χ0v) is 17.2. The number of hydrogen-bond acceptors (Lipinski definition) is 5. The molecule has 1 N–H and O–H groups in total. The van der Waals surface area contributed by atoms with Crippen LogP contribution in [0.25, 0.3) is 16.4 Å². The Bertz CT molecular complexity index is 1270. The van der Waals surface area contributed by atoms with E-state index in [1.165, 1.54) is 23.0 Å². The topological polar surface area (TPSA) is 98.9 Å². The first-order valence-corrected chi connectivity index (χ1v) is 9.71. The van der Waals surface area contributed by atoms with Crippen LogP contribution in [0.5, 0.6) is 0 Å². The number of carbonyl (C=O) groups excluding carboxylic acids is 1. The van der Waals surface area contributed by atoms with Crippen molar-refractivity contribution in [1.82, 2.24) is 15.2 Å². The number of halogens is 3. The molecule has 2 amide bonds. The van der Waals surface area contributed by atoms with Gasteiger partial charge in [0.1, 0.15) is 5.69 Å². The van der Waals surface area contributed by atoms with E-state index in [1.54, 1.807) is 12.4 Å². The summed E-state index contributed by atoms with van der Waals surface area (Å²) in [4.78, 5) is 20.7. The van der Waals surface area contributed by atoms with Crippen LogP contribution in [0.2, 0.25) is 0 Å². The second kappa shape index (κ2) is 9.07. The van der Waals surface area contributed by atoms with Gasteiger partial charge in [-0.1, -0.05) is 30.3 Å². The number of hydrogen-bond donors (Lipinski definition) is 1. The van der Waals surface area contributed by atoms with Gasteiger partial charge >= 0.3 is 6.18 Å². The largest absolute Gasteiger partial charge is 0.424 e. The van der Waals surface area contributed by atoms with Crippen LogP contribution in [0.15, 0.2) is 71.6 Å². The van der Waals surface area contributed by atoms with Crippen LogP contribution in [0.3, 0.4) is 0 Å². The van der Waals surface area contributed by atoms with Crippen molar-refractivity contribution in [2.75, 3.05) is 5.32 Å². The summed E-state index contributed by atoms with van der Waals surface area (Å²) in [6.45, 7) is 2.18. The molecule has 3 heterocycles. The first kappa shape index (κ1) is 21.9. The van der Waals surface area contributed by atoms with Crippen molar-refractivity contribution < 1.29 is 27.2 Å². The Balaban J connectivity index is 1.36. The van der Waals surface area contributed by atoms with Crippen molar-refractivity contribution in [1.29, 1.82) is 0 Å². The van der Waals surface area contributed by atoms with Crippen LogP contribution < -0.4 is 10.00 Å². The molecule has 0 saturated heterocycles. The minimum atomic E-state index is -4.52. The summed E-state index contributed by atoms with van der Waals surface area (Å²) in [6, 6.07) is 10.9. The van der Waals surface area contributed by atoms with Crippen molar-refractivity contribution in [2.45, 2.75) is 19.6 Å². The van der Waals surface area contributed by atoms with E-state index in [2.05, 4.69) is 25.9 Å². The number of benzene rings is 1.